The number of phenols is 1. The number of rotatable bonds is 2. The van der Waals surface area contributed by atoms with Gasteiger partial charge in [-0.3, -0.25) is 9.78 Å². The van der Waals surface area contributed by atoms with Gasteiger partial charge in [0.25, 0.3) is 5.91 Å². The highest BCUT2D eigenvalue weighted by molar-refractivity contribution is 6.06. The van der Waals surface area contributed by atoms with Crippen LogP contribution in [0.25, 0.3) is 10.9 Å². The van der Waals surface area contributed by atoms with E-state index < -0.39 is 17.5 Å². The van der Waals surface area contributed by atoms with E-state index in [9.17, 15) is 14.3 Å². The van der Waals surface area contributed by atoms with Gasteiger partial charge in [-0.2, -0.15) is 0 Å². The molecule has 1 heterocycles. The topological polar surface area (TPSA) is 62.2 Å². The smallest absolute Gasteiger partial charge is 0.259 e. The van der Waals surface area contributed by atoms with Crippen LogP contribution in [0.1, 0.15) is 10.4 Å². The number of halogens is 1. The number of benzene rings is 2. The normalized spacial score (nSPS) is 10.5. The molecule has 0 spiro atoms. The zero-order chi connectivity index (χ0) is 14.8. The van der Waals surface area contributed by atoms with Gasteiger partial charge in [-0.1, -0.05) is 6.07 Å². The lowest BCUT2D eigenvalue weighted by Crippen LogP contribution is -2.12. The molecule has 0 saturated carbocycles. The van der Waals surface area contributed by atoms with Crippen LogP contribution in [0.2, 0.25) is 0 Å². The molecular formula is C16H11FN2O2. The van der Waals surface area contributed by atoms with Crippen molar-refractivity contribution in [2.75, 3.05) is 5.32 Å². The maximum absolute atomic E-state index is 12.9. The number of amides is 1. The molecule has 0 aliphatic carbocycles. The predicted molar refractivity (Wildman–Crippen MR) is 77.8 cm³/mol. The predicted octanol–water partition coefficient (Wildman–Crippen LogP) is 3.33. The number of aromatic nitrogens is 1. The SMILES string of the molecule is O=C(Nc1ccc2ncccc2c1)c1ccc(F)cc1O. The molecule has 0 aliphatic rings. The molecule has 0 atom stereocenters. The third-order valence-electron chi connectivity index (χ3n) is 3.07. The number of carbonyl (C=O) groups is 1. The van der Waals surface area contributed by atoms with Gasteiger partial charge in [0.15, 0.2) is 0 Å². The highest BCUT2D eigenvalue weighted by Crippen LogP contribution is 2.21. The first-order valence-electron chi connectivity index (χ1n) is 6.28. The van der Waals surface area contributed by atoms with Crippen molar-refractivity contribution in [1.29, 1.82) is 0 Å². The Morgan fingerprint density at radius 3 is 2.81 bits per heavy atom. The van der Waals surface area contributed by atoms with Gasteiger partial charge in [-0.15, -0.1) is 0 Å². The molecule has 2 N–H and O–H groups in total. The first-order chi connectivity index (χ1) is 10.1. The van der Waals surface area contributed by atoms with Gasteiger partial charge in [0.1, 0.15) is 11.6 Å². The van der Waals surface area contributed by atoms with Gasteiger partial charge in [0.2, 0.25) is 0 Å². The lowest BCUT2D eigenvalue weighted by Gasteiger charge is -2.07. The number of nitrogens with zero attached hydrogens (tertiary/aromatic N) is 1. The number of phenolic OH excluding ortho intramolecular Hbond substituents is 1. The lowest BCUT2D eigenvalue weighted by molar-refractivity contribution is 0.102. The molecule has 0 saturated heterocycles. The molecule has 1 amide bonds. The van der Waals surface area contributed by atoms with Gasteiger partial charge in [0.05, 0.1) is 11.1 Å². The third kappa shape index (κ3) is 2.67. The standard InChI is InChI=1S/C16H11FN2O2/c17-11-3-5-13(15(20)9-11)16(21)19-12-4-6-14-10(8-12)2-1-7-18-14/h1-9,20H,(H,19,21). The van der Waals surface area contributed by atoms with Crippen LogP contribution < -0.4 is 5.32 Å². The fourth-order valence-electron chi connectivity index (χ4n) is 2.05. The number of hydrogen-bond acceptors (Lipinski definition) is 3. The number of fused-ring (bicyclic) bond motifs is 1. The molecule has 1 aromatic heterocycles. The first-order valence-corrected chi connectivity index (χ1v) is 6.28. The quantitative estimate of drug-likeness (QED) is 0.757. The molecule has 104 valence electrons. The van der Waals surface area contributed by atoms with E-state index in [0.29, 0.717) is 5.69 Å². The summed E-state index contributed by atoms with van der Waals surface area (Å²) in [6.45, 7) is 0. The number of carbonyl (C=O) groups excluding carboxylic acids is 1. The van der Waals surface area contributed by atoms with Crippen LogP contribution >= 0.6 is 0 Å². The summed E-state index contributed by atoms with van der Waals surface area (Å²) in [5.41, 5.74) is 1.41. The van der Waals surface area contributed by atoms with E-state index in [2.05, 4.69) is 10.3 Å². The van der Waals surface area contributed by atoms with Crippen LogP contribution in [0.15, 0.2) is 54.7 Å². The van der Waals surface area contributed by atoms with Gasteiger partial charge in [-0.25, -0.2) is 4.39 Å². The molecular weight excluding hydrogens is 271 g/mol. The van der Waals surface area contributed by atoms with Crippen molar-refractivity contribution in [3.8, 4) is 5.75 Å². The maximum atomic E-state index is 12.9. The lowest BCUT2D eigenvalue weighted by atomic mass is 10.1. The van der Waals surface area contributed by atoms with E-state index in [-0.39, 0.29) is 5.56 Å². The van der Waals surface area contributed by atoms with Gasteiger partial charge >= 0.3 is 0 Å². The number of pyridine rings is 1. The zero-order valence-corrected chi connectivity index (χ0v) is 10.9. The second kappa shape index (κ2) is 5.20. The monoisotopic (exact) mass is 282 g/mol. The molecule has 2 aromatic carbocycles. The maximum Gasteiger partial charge on any atom is 0.259 e. The third-order valence-corrected chi connectivity index (χ3v) is 3.07. The molecule has 5 heteroatoms. The molecule has 0 bridgehead atoms. The highest BCUT2D eigenvalue weighted by atomic mass is 19.1. The summed E-state index contributed by atoms with van der Waals surface area (Å²) in [6, 6.07) is 12.2. The van der Waals surface area contributed by atoms with Crippen LogP contribution in [0, 0.1) is 5.82 Å². The Labute approximate surface area is 119 Å². The Morgan fingerprint density at radius 1 is 1.14 bits per heavy atom. The molecule has 3 rings (SSSR count). The average Bonchev–Trinajstić information content (AvgIpc) is 2.47. The van der Waals surface area contributed by atoms with Crippen molar-refractivity contribution in [3.05, 3.63) is 66.1 Å². The van der Waals surface area contributed by atoms with Crippen molar-refractivity contribution in [2.45, 2.75) is 0 Å². The van der Waals surface area contributed by atoms with E-state index in [1.54, 1.807) is 30.5 Å². The molecule has 0 aliphatic heterocycles. The van der Waals surface area contributed by atoms with Crippen molar-refractivity contribution in [3.63, 3.8) is 0 Å². The van der Waals surface area contributed by atoms with E-state index in [0.717, 1.165) is 23.0 Å². The number of aromatic hydroxyl groups is 1. The van der Waals surface area contributed by atoms with Crippen molar-refractivity contribution in [2.24, 2.45) is 0 Å². The van der Waals surface area contributed by atoms with Gasteiger partial charge in [0, 0.05) is 23.3 Å². The number of nitrogens with one attached hydrogen (secondary N) is 1. The Bertz CT molecular complexity index is 833. The summed E-state index contributed by atoms with van der Waals surface area (Å²) < 4.78 is 12.9. The van der Waals surface area contributed by atoms with Crippen LogP contribution in [0.4, 0.5) is 10.1 Å². The minimum Gasteiger partial charge on any atom is -0.507 e. The summed E-state index contributed by atoms with van der Waals surface area (Å²) in [5.74, 6) is -1.49. The Kier molecular flexibility index (Phi) is 3.23. The molecule has 0 fully saturated rings. The number of hydrogen-bond donors (Lipinski definition) is 2. The fraction of sp³-hybridized carbons (Fsp3) is 0. The molecule has 4 nitrogen and oxygen atoms in total. The minimum atomic E-state index is -0.596. The Morgan fingerprint density at radius 2 is 2.00 bits per heavy atom. The van der Waals surface area contributed by atoms with Crippen molar-refractivity contribution < 1.29 is 14.3 Å². The van der Waals surface area contributed by atoms with Crippen LogP contribution in [-0.4, -0.2) is 16.0 Å². The van der Waals surface area contributed by atoms with Crippen LogP contribution in [0.3, 0.4) is 0 Å². The summed E-state index contributed by atoms with van der Waals surface area (Å²) in [4.78, 5) is 16.3. The summed E-state index contributed by atoms with van der Waals surface area (Å²) >= 11 is 0. The fourth-order valence-corrected chi connectivity index (χ4v) is 2.05. The minimum absolute atomic E-state index is 0.0164. The van der Waals surface area contributed by atoms with E-state index in [1.165, 1.54) is 6.07 Å². The van der Waals surface area contributed by atoms with Gasteiger partial charge < -0.3 is 10.4 Å². The Hall–Kier alpha value is -2.95. The molecule has 0 unspecified atom stereocenters. The van der Waals surface area contributed by atoms with Crippen molar-refractivity contribution >= 4 is 22.5 Å². The summed E-state index contributed by atoms with van der Waals surface area (Å²) in [5, 5.41) is 13.1. The van der Waals surface area contributed by atoms with E-state index >= 15 is 0 Å². The highest BCUT2D eigenvalue weighted by Gasteiger charge is 2.12. The van der Waals surface area contributed by atoms with E-state index in [1.807, 2.05) is 6.07 Å². The zero-order valence-electron chi connectivity index (χ0n) is 10.9. The van der Waals surface area contributed by atoms with Crippen molar-refractivity contribution in [1.82, 2.24) is 4.98 Å². The first kappa shape index (κ1) is 13.1. The Balaban J connectivity index is 1.89. The second-order valence-electron chi connectivity index (χ2n) is 4.53. The second-order valence-corrected chi connectivity index (χ2v) is 4.53. The largest absolute Gasteiger partial charge is 0.507 e. The molecule has 3 aromatic rings. The number of anilines is 1. The molecule has 0 radical (unpaired) electrons. The molecule has 21 heavy (non-hydrogen) atoms. The van der Waals surface area contributed by atoms with Crippen LogP contribution in [0.5, 0.6) is 5.75 Å². The summed E-state index contributed by atoms with van der Waals surface area (Å²) in [6.07, 6.45) is 1.69. The summed E-state index contributed by atoms with van der Waals surface area (Å²) in [7, 11) is 0. The van der Waals surface area contributed by atoms with E-state index in [4.69, 9.17) is 0 Å². The average molecular weight is 282 g/mol. The van der Waals surface area contributed by atoms with Gasteiger partial charge in [-0.05, 0) is 36.4 Å². The van der Waals surface area contributed by atoms with Crippen LogP contribution in [-0.2, 0) is 0 Å².